The summed E-state index contributed by atoms with van der Waals surface area (Å²) in [6.45, 7) is 2.11. The van der Waals surface area contributed by atoms with E-state index in [0.29, 0.717) is 0 Å². The van der Waals surface area contributed by atoms with Gasteiger partial charge in [-0.15, -0.1) is 0 Å². The summed E-state index contributed by atoms with van der Waals surface area (Å²) in [6, 6.07) is 5.59. The fourth-order valence-electron chi connectivity index (χ4n) is 1.41. The van der Waals surface area contributed by atoms with Gasteiger partial charge in [0, 0.05) is 5.56 Å². The lowest BCUT2D eigenvalue weighted by molar-refractivity contribution is 0.409. The normalized spacial score (nSPS) is 9.86. The summed E-state index contributed by atoms with van der Waals surface area (Å²) in [5.41, 5.74) is 7.28. The van der Waals surface area contributed by atoms with Crippen LogP contribution >= 0.6 is 0 Å². The van der Waals surface area contributed by atoms with Crippen LogP contribution in [0.3, 0.4) is 0 Å². The molecule has 0 spiro atoms. The second kappa shape index (κ2) is 4.65. The predicted octanol–water partition coefficient (Wildman–Crippen LogP) is 1.93. The lowest BCUT2D eigenvalue weighted by atomic mass is 10.1. The standard InChI is InChI=1S/C11H16N2O/c1-3-4-8-7-9(11(12)13)5-6-10(8)14-2/h5-7H,3-4H2,1-2H3,(H3,12,13). The molecular weight excluding hydrogens is 176 g/mol. The van der Waals surface area contributed by atoms with Crippen molar-refractivity contribution in [1.82, 2.24) is 0 Å². The van der Waals surface area contributed by atoms with E-state index < -0.39 is 0 Å². The molecule has 3 nitrogen and oxygen atoms in total. The monoisotopic (exact) mass is 192 g/mol. The SMILES string of the molecule is CCCc1cc(C(=N)N)ccc1OC. The van der Waals surface area contributed by atoms with Crippen LogP contribution in [-0.4, -0.2) is 12.9 Å². The van der Waals surface area contributed by atoms with E-state index in [1.54, 1.807) is 13.2 Å². The van der Waals surface area contributed by atoms with E-state index in [-0.39, 0.29) is 5.84 Å². The Hall–Kier alpha value is -1.51. The lowest BCUT2D eigenvalue weighted by Gasteiger charge is -2.09. The van der Waals surface area contributed by atoms with Gasteiger partial charge < -0.3 is 10.5 Å². The van der Waals surface area contributed by atoms with Crippen molar-refractivity contribution in [1.29, 1.82) is 5.41 Å². The first-order valence-corrected chi connectivity index (χ1v) is 4.70. The lowest BCUT2D eigenvalue weighted by Crippen LogP contribution is -2.11. The highest BCUT2D eigenvalue weighted by atomic mass is 16.5. The van der Waals surface area contributed by atoms with E-state index in [9.17, 15) is 0 Å². The Bertz CT molecular complexity index is 334. The van der Waals surface area contributed by atoms with Crippen molar-refractivity contribution in [2.24, 2.45) is 5.73 Å². The number of amidine groups is 1. The van der Waals surface area contributed by atoms with Gasteiger partial charge in [0.05, 0.1) is 7.11 Å². The van der Waals surface area contributed by atoms with Crippen molar-refractivity contribution in [3.63, 3.8) is 0 Å². The van der Waals surface area contributed by atoms with E-state index in [1.165, 1.54) is 0 Å². The summed E-state index contributed by atoms with van der Waals surface area (Å²) < 4.78 is 5.22. The number of methoxy groups -OCH3 is 1. The van der Waals surface area contributed by atoms with Crippen LogP contribution in [0.5, 0.6) is 5.75 Å². The fraction of sp³-hybridized carbons (Fsp3) is 0.364. The van der Waals surface area contributed by atoms with Gasteiger partial charge in [-0.1, -0.05) is 13.3 Å². The van der Waals surface area contributed by atoms with Crippen molar-refractivity contribution in [3.8, 4) is 5.75 Å². The first-order chi connectivity index (χ1) is 6.69. The molecule has 1 aromatic rings. The van der Waals surface area contributed by atoms with Crippen molar-refractivity contribution in [3.05, 3.63) is 29.3 Å². The maximum atomic E-state index is 7.33. The van der Waals surface area contributed by atoms with E-state index >= 15 is 0 Å². The molecule has 0 saturated carbocycles. The summed E-state index contributed by atoms with van der Waals surface area (Å²) in [7, 11) is 1.65. The van der Waals surface area contributed by atoms with Crippen LogP contribution in [0.4, 0.5) is 0 Å². The molecule has 0 amide bonds. The topological polar surface area (TPSA) is 59.1 Å². The van der Waals surface area contributed by atoms with Gasteiger partial charge in [0.2, 0.25) is 0 Å². The molecule has 0 aromatic heterocycles. The van der Waals surface area contributed by atoms with Crippen LogP contribution in [0.25, 0.3) is 0 Å². The number of hydrogen-bond donors (Lipinski definition) is 2. The van der Waals surface area contributed by atoms with Crippen LogP contribution in [0.1, 0.15) is 24.5 Å². The molecule has 76 valence electrons. The van der Waals surface area contributed by atoms with Crippen molar-refractivity contribution < 1.29 is 4.74 Å². The third-order valence-electron chi connectivity index (χ3n) is 2.11. The van der Waals surface area contributed by atoms with Gasteiger partial charge in [-0.3, -0.25) is 5.41 Å². The highest BCUT2D eigenvalue weighted by Crippen LogP contribution is 2.21. The number of rotatable bonds is 4. The van der Waals surface area contributed by atoms with E-state index in [4.69, 9.17) is 15.9 Å². The zero-order chi connectivity index (χ0) is 10.6. The van der Waals surface area contributed by atoms with Crippen LogP contribution < -0.4 is 10.5 Å². The van der Waals surface area contributed by atoms with Gasteiger partial charge in [0.25, 0.3) is 0 Å². The number of ether oxygens (including phenoxy) is 1. The van der Waals surface area contributed by atoms with Gasteiger partial charge in [0.15, 0.2) is 0 Å². The summed E-state index contributed by atoms with van der Waals surface area (Å²) >= 11 is 0. The van der Waals surface area contributed by atoms with Crippen molar-refractivity contribution >= 4 is 5.84 Å². The second-order valence-electron chi connectivity index (χ2n) is 3.19. The third kappa shape index (κ3) is 2.25. The Labute approximate surface area is 84.4 Å². The minimum Gasteiger partial charge on any atom is -0.496 e. The molecule has 0 fully saturated rings. The first-order valence-electron chi connectivity index (χ1n) is 4.70. The third-order valence-corrected chi connectivity index (χ3v) is 2.11. The Morgan fingerprint density at radius 3 is 2.71 bits per heavy atom. The highest BCUT2D eigenvalue weighted by molar-refractivity contribution is 5.95. The number of aryl methyl sites for hydroxylation is 1. The smallest absolute Gasteiger partial charge is 0.122 e. The fourth-order valence-corrected chi connectivity index (χ4v) is 1.41. The molecule has 0 aliphatic rings. The molecule has 0 radical (unpaired) electrons. The Balaban J connectivity index is 3.07. The number of benzene rings is 1. The Kier molecular flexibility index (Phi) is 3.51. The molecular formula is C11H16N2O. The minimum atomic E-state index is 0.102. The molecule has 0 heterocycles. The first kappa shape index (κ1) is 10.6. The molecule has 3 N–H and O–H groups in total. The largest absolute Gasteiger partial charge is 0.496 e. The summed E-state index contributed by atoms with van der Waals surface area (Å²) in [5.74, 6) is 0.974. The van der Waals surface area contributed by atoms with Crippen LogP contribution in [0.2, 0.25) is 0 Å². The highest BCUT2D eigenvalue weighted by Gasteiger charge is 2.04. The predicted molar refractivity (Wildman–Crippen MR) is 58.0 cm³/mol. The van der Waals surface area contributed by atoms with E-state index in [0.717, 1.165) is 29.7 Å². The average Bonchev–Trinajstić information content (AvgIpc) is 2.18. The molecule has 1 rings (SSSR count). The molecule has 1 aromatic carbocycles. The zero-order valence-corrected chi connectivity index (χ0v) is 8.63. The Morgan fingerprint density at radius 1 is 1.50 bits per heavy atom. The number of nitrogen functional groups attached to an aromatic ring is 1. The maximum absolute atomic E-state index is 7.33. The van der Waals surface area contributed by atoms with Gasteiger partial charge in [-0.05, 0) is 30.2 Å². The molecule has 0 aliphatic carbocycles. The van der Waals surface area contributed by atoms with Gasteiger partial charge in [-0.2, -0.15) is 0 Å². The molecule has 0 unspecified atom stereocenters. The number of nitrogens with two attached hydrogens (primary N) is 1. The average molecular weight is 192 g/mol. The molecule has 0 atom stereocenters. The van der Waals surface area contributed by atoms with Gasteiger partial charge in [-0.25, -0.2) is 0 Å². The number of hydrogen-bond acceptors (Lipinski definition) is 2. The van der Waals surface area contributed by atoms with Crippen molar-refractivity contribution in [2.45, 2.75) is 19.8 Å². The molecule has 0 saturated heterocycles. The molecule has 3 heteroatoms. The summed E-state index contributed by atoms with van der Waals surface area (Å²) in [5, 5.41) is 7.33. The quantitative estimate of drug-likeness (QED) is 0.565. The second-order valence-corrected chi connectivity index (χ2v) is 3.19. The summed E-state index contributed by atoms with van der Waals surface area (Å²) in [4.78, 5) is 0. The minimum absolute atomic E-state index is 0.102. The van der Waals surface area contributed by atoms with Crippen molar-refractivity contribution in [2.75, 3.05) is 7.11 Å². The van der Waals surface area contributed by atoms with E-state index in [1.807, 2.05) is 12.1 Å². The van der Waals surface area contributed by atoms with Gasteiger partial charge >= 0.3 is 0 Å². The number of nitrogens with one attached hydrogen (secondary N) is 1. The molecule has 14 heavy (non-hydrogen) atoms. The van der Waals surface area contributed by atoms with Crippen LogP contribution in [-0.2, 0) is 6.42 Å². The molecule has 0 aliphatic heterocycles. The van der Waals surface area contributed by atoms with Crippen LogP contribution in [0.15, 0.2) is 18.2 Å². The Morgan fingerprint density at radius 2 is 2.21 bits per heavy atom. The maximum Gasteiger partial charge on any atom is 0.122 e. The molecule has 0 bridgehead atoms. The van der Waals surface area contributed by atoms with E-state index in [2.05, 4.69) is 6.92 Å². The summed E-state index contributed by atoms with van der Waals surface area (Å²) in [6.07, 6.45) is 2.00. The van der Waals surface area contributed by atoms with Crippen LogP contribution in [0, 0.1) is 5.41 Å². The zero-order valence-electron chi connectivity index (χ0n) is 8.63. The van der Waals surface area contributed by atoms with Gasteiger partial charge in [0.1, 0.15) is 11.6 Å².